The summed E-state index contributed by atoms with van der Waals surface area (Å²) in [6.07, 6.45) is 3.51. The molecule has 0 bridgehead atoms. The Morgan fingerprint density at radius 1 is 1.31 bits per heavy atom. The van der Waals surface area contributed by atoms with Crippen LogP contribution in [0.15, 0.2) is 15.5 Å². The second kappa shape index (κ2) is 3.71. The molecular formula is C10H12N4O2. The lowest BCUT2D eigenvalue weighted by Gasteiger charge is -2.21. The Labute approximate surface area is 91.1 Å². The third-order valence-corrected chi connectivity index (χ3v) is 2.98. The van der Waals surface area contributed by atoms with Crippen LogP contribution in [0.25, 0.3) is 11.2 Å². The molecule has 3 heterocycles. The first-order chi connectivity index (χ1) is 7.84. The Morgan fingerprint density at radius 2 is 2.12 bits per heavy atom. The van der Waals surface area contributed by atoms with Crippen molar-refractivity contribution >= 4 is 11.2 Å². The van der Waals surface area contributed by atoms with Gasteiger partial charge in [0.25, 0.3) is 5.71 Å². The molecule has 0 spiro atoms. The Morgan fingerprint density at radius 3 is 2.94 bits per heavy atom. The average molecular weight is 220 g/mol. The van der Waals surface area contributed by atoms with E-state index in [2.05, 4.69) is 20.3 Å². The highest BCUT2D eigenvalue weighted by Crippen LogP contribution is 2.26. The molecule has 3 rings (SSSR count). The fraction of sp³-hybridized carbons (Fsp3) is 0.500. The first-order valence-electron chi connectivity index (χ1n) is 5.39. The van der Waals surface area contributed by atoms with Crippen molar-refractivity contribution in [3.63, 3.8) is 0 Å². The monoisotopic (exact) mass is 220 g/mol. The highest BCUT2D eigenvalue weighted by molar-refractivity contribution is 5.70. The van der Waals surface area contributed by atoms with Gasteiger partial charge in [0.15, 0.2) is 0 Å². The van der Waals surface area contributed by atoms with E-state index in [-0.39, 0.29) is 0 Å². The van der Waals surface area contributed by atoms with Crippen LogP contribution in [0.1, 0.15) is 24.5 Å². The zero-order chi connectivity index (χ0) is 11.0. The molecule has 0 atom stereocenters. The summed E-state index contributed by atoms with van der Waals surface area (Å²) in [6, 6.07) is 0. The zero-order valence-corrected chi connectivity index (χ0v) is 8.69. The molecule has 6 heteroatoms. The van der Waals surface area contributed by atoms with Crippen molar-refractivity contribution in [2.24, 2.45) is 0 Å². The molecule has 16 heavy (non-hydrogen) atoms. The number of aromatic nitrogens is 3. The topological polar surface area (TPSA) is 83.8 Å². The minimum absolute atomic E-state index is 0.355. The highest BCUT2D eigenvalue weighted by Gasteiger charge is 2.20. The van der Waals surface area contributed by atoms with Gasteiger partial charge in [0.2, 0.25) is 0 Å². The van der Waals surface area contributed by atoms with Crippen molar-refractivity contribution < 1.29 is 4.42 Å². The summed E-state index contributed by atoms with van der Waals surface area (Å²) in [5.41, 5.74) is 1.91. The SMILES string of the molecule is O=c1[nH]c2c(C3CCNCC3)ncnc2o1. The fourth-order valence-corrected chi connectivity index (χ4v) is 2.20. The molecule has 84 valence electrons. The van der Waals surface area contributed by atoms with Gasteiger partial charge >= 0.3 is 5.76 Å². The number of oxazole rings is 1. The van der Waals surface area contributed by atoms with E-state index < -0.39 is 5.76 Å². The second-order valence-electron chi connectivity index (χ2n) is 3.98. The van der Waals surface area contributed by atoms with Crippen LogP contribution in [0.5, 0.6) is 0 Å². The van der Waals surface area contributed by atoms with Crippen LogP contribution in [-0.4, -0.2) is 28.0 Å². The molecule has 2 aromatic rings. The van der Waals surface area contributed by atoms with Crippen molar-refractivity contribution in [1.29, 1.82) is 0 Å². The summed E-state index contributed by atoms with van der Waals surface area (Å²) < 4.78 is 4.92. The van der Waals surface area contributed by atoms with Gasteiger partial charge in [-0.3, -0.25) is 4.98 Å². The number of fused-ring (bicyclic) bond motifs is 1. The summed E-state index contributed by atoms with van der Waals surface area (Å²) in [5, 5.41) is 3.30. The van der Waals surface area contributed by atoms with E-state index in [9.17, 15) is 4.79 Å². The van der Waals surface area contributed by atoms with Crippen LogP contribution in [0, 0.1) is 0 Å². The van der Waals surface area contributed by atoms with Crippen molar-refractivity contribution in [3.05, 3.63) is 22.6 Å². The number of piperidine rings is 1. The smallest absolute Gasteiger partial charge is 0.389 e. The Bertz CT molecular complexity index is 553. The van der Waals surface area contributed by atoms with Crippen LogP contribution < -0.4 is 11.1 Å². The van der Waals surface area contributed by atoms with Gasteiger partial charge in [-0.2, -0.15) is 4.98 Å². The van der Waals surface area contributed by atoms with Gasteiger partial charge in [-0.05, 0) is 25.9 Å². The van der Waals surface area contributed by atoms with Crippen LogP contribution in [0.2, 0.25) is 0 Å². The lowest BCUT2D eigenvalue weighted by atomic mass is 9.94. The minimum Gasteiger partial charge on any atom is -0.389 e. The Hall–Kier alpha value is -1.69. The van der Waals surface area contributed by atoms with E-state index in [4.69, 9.17) is 4.42 Å². The summed E-state index contributed by atoms with van der Waals surface area (Å²) in [6.45, 7) is 1.97. The van der Waals surface area contributed by atoms with Crippen molar-refractivity contribution in [2.75, 3.05) is 13.1 Å². The minimum atomic E-state index is -0.467. The first kappa shape index (κ1) is 9.53. The average Bonchev–Trinajstić information content (AvgIpc) is 2.70. The molecule has 0 aliphatic carbocycles. The maximum absolute atomic E-state index is 11.1. The van der Waals surface area contributed by atoms with Crippen LogP contribution in [0.3, 0.4) is 0 Å². The standard InChI is InChI=1S/C10H12N4O2/c15-10-14-8-7(6-1-3-11-4-2-6)12-5-13-9(8)16-10/h5-6,11H,1-4H2,(H,14,15). The molecule has 0 radical (unpaired) electrons. The highest BCUT2D eigenvalue weighted by atomic mass is 16.4. The van der Waals surface area contributed by atoms with Crippen molar-refractivity contribution in [2.45, 2.75) is 18.8 Å². The van der Waals surface area contributed by atoms with Crippen molar-refractivity contribution in [3.8, 4) is 0 Å². The Balaban J connectivity index is 2.11. The van der Waals surface area contributed by atoms with E-state index in [0.29, 0.717) is 17.1 Å². The zero-order valence-electron chi connectivity index (χ0n) is 8.69. The summed E-state index contributed by atoms with van der Waals surface area (Å²) >= 11 is 0. The molecular weight excluding hydrogens is 208 g/mol. The number of nitrogens with one attached hydrogen (secondary N) is 2. The predicted octanol–water partition coefficient (Wildman–Crippen LogP) is 0.378. The van der Waals surface area contributed by atoms with Gasteiger partial charge in [0.1, 0.15) is 11.8 Å². The van der Waals surface area contributed by atoms with Crippen molar-refractivity contribution in [1.82, 2.24) is 20.3 Å². The number of rotatable bonds is 1. The third-order valence-electron chi connectivity index (χ3n) is 2.98. The van der Waals surface area contributed by atoms with Gasteiger partial charge in [-0.15, -0.1) is 0 Å². The van der Waals surface area contributed by atoms with Crippen LogP contribution in [0.4, 0.5) is 0 Å². The lowest BCUT2D eigenvalue weighted by Crippen LogP contribution is -2.27. The quantitative estimate of drug-likeness (QED) is 0.725. The molecule has 0 amide bonds. The molecule has 2 aromatic heterocycles. The number of hydrogen-bond donors (Lipinski definition) is 2. The molecule has 0 aromatic carbocycles. The van der Waals surface area contributed by atoms with E-state index in [0.717, 1.165) is 31.6 Å². The van der Waals surface area contributed by atoms with Gasteiger partial charge in [-0.1, -0.05) is 0 Å². The van der Waals surface area contributed by atoms with Gasteiger partial charge in [0, 0.05) is 5.92 Å². The molecule has 1 saturated heterocycles. The van der Waals surface area contributed by atoms with Gasteiger partial charge in [-0.25, -0.2) is 9.78 Å². The molecule has 1 fully saturated rings. The van der Waals surface area contributed by atoms with Gasteiger partial charge in [0.05, 0.1) is 5.69 Å². The normalized spacial score (nSPS) is 18.0. The molecule has 1 aliphatic rings. The third kappa shape index (κ3) is 1.51. The molecule has 1 aliphatic heterocycles. The number of nitrogens with zero attached hydrogens (tertiary/aromatic N) is 2. The second-order valence-corrected chi connectivity index (χ2v) is 3.98. The predicted molar refractivity (Wildman–Crippen MR) is 57.3 cm³/mol. The van der Waals surface area contributed by atoms with E-state index in [1.54, 1.807) is 0 Å². The molecule has 2 N–H and O–H groups in total. The van der Waals surface area contributed by atoms with E-state index in [1.165, 1.54) is 6.33 Å². The maximum Gasteiger partial charge on any atom is 0.418 e. The lowest BCUT2D eigenvalue weighted by molar-refractivity contribution is 0.454. The summed E-state index contributed by atoms with van der Waals surface area (Å²) in [4.78, 5) is 22.0. The summed E-state index contributed by atoms with van der Waals surface area (Å²) in [5.74, 6) is -0.0920. The maximum atomic E-state index is 11.1. The van der Waals surface area contributed by atoms with E-state index >= 15 is 0 Å². The number of H-pyrrole nitrogens is 1. The van der Waals surface area contributed by atoms with E-state index in [1.807, 2.05) is 0 Å². The molecule has 6 nitrogen and oxygen atoms in total. The molecule has 0 saturated carbocycles. The van der Waals surface area contributed by atoms with Crippen LogP contribution >= 0.6 is 0 Å². The molecule has 0 unspecified atom stereocenters. The first-order valence-corrected chi connectivity index (χ1v) is 5.39. The van der Waals surface area contributed by atoms with Crippen LogP contribution in [-0.2, 0) is 0 Å². The Kier molecular flexibility index (Phi) is 2.21. The largest absolute Gasteiger partial charge is 0.418 e. The number of aromatic amines is 1. The number of hydrogen-bond acceptors (Lipinski definition) is 5. The fourth-order valence-electron chi connectivity index (χ4n) is 2.20. The van der Waals surface area contributed by atoms with Gasteiger partial charge < -0.3 is 9.73 Å². The summed E-state index contributed by atoms with van der Waals surface area (Å²) in [7, 11) is 0.